The molecule has 0 atom stereocenters. The van der Waals surface area contributed by atoms with Gasteiger partial charge in [0.15, 0.2) is 0 Å². The number of hydrogen-bond acceptors (Lipinski definition) is 2. The highest BCUT2D eigenvalue weighted by Crippen LogP contribution is 2.24. The number of nitrogens with zero attached hydrogens (tertiary/aromatic N) is 1. The number of aromatic amines is 1. The van der Waals surface area contributed by atoms with Gasteiger partial charge in [0.1, 0.15) is 0 Å². The van der Waals surface area contributed by atoms with Gasteiger partial charge in [-0.3, -0.25) is 10.1 Å². The number of halogens is 2. The molecular weight excluding hydrogens is 400 g/mol. The number of H-pyrrole nitrogens is 1. The largest absolute Gasteiger partial charge is 0.361 e. The fourth-order valence-corrected chi connectivity index (χ4v) is 2.70. The zero-order chi connectivity index (χ0) is 15.4. The molecule has 0 aliphatic heterocycles. The van der Waals surface area contributed by atoms with Crippen LogP contribution in [0.3, 0.4) is 0 Å². The Morgan fingerprint density at radius 3 is 2.33 bits per heavy atom. The number of benzene rings is 2. The van der Waals surface area contributed by atoms with Crippen molar-refractivity contribution in [2.45, 2.75) is 6.92 Å². The van der Waals surface area contributed by atoms with Crippen LogP contribution in [0.2, 0.25) is 0 Å². The summed E-state index contributed by atoms with van der Waals surface area (Å²) in [6.45, 7) is 1.71. The highest BCUT2D eigenvalue weighted by atomic mass is 79.9. The standard InChI is InChI=1S/C8H6BrN.C7H6BrNO2/c9-7-2-1-3-8-6(7)4-5-10-8;1-5-6(8)3-2-4-7(5)9(10)11/h1-5,10H;2-4H,1H3. The van der Waals surface area contributed by atoms with E-state index in [-0.39, 0.29) is 10.6 Å². The lowest BCUT2D eigenvalue weighted by Gasteiger charge is -1.97. The lowest BCUT2D eigenvalue weighted by atomic mass is 10.2. The minimum atomic E-state index is -0.389. The van der Waals surface area contributed by atoms with E-state index < -0.39 is 0 Å². The number of nitro groups is 1. The molecule has 21 heavy (non-hydrogen) atoms. The number of hydrogen-bond donors (Lipinski definition) is 1. The molecule has 0 aliphatic rings. The second-order valence-electron chi connectivity index (χ2n) is 4.32. The molecule has 0 saturated carbocycles. The van der Waals surface area contributed by atoms with Crippen LogP contribution in [-0.2, 0) is 0 Å². The van der Waals surface area contributed by atoms with Crippen molar-refractivity contribution in [1.29, 1.82) is 0 Å². The molecule has 0 bridgehead atoms. The quantitative estimate of drug-likeness (QED) is 0.418. The maximum atomic E-state index is 10.4. The van der Waals surface area contributed by atoms with Crippen LogP contribution >= 0.6 is 31.9 Å². The van der Waals surface area contributed by atoms with Crippen molar-refractivity contribution in [2.24, 2.45) is 0 Å². The van der Waals surface area contributed by atoms with Gasteiger partial charge in [0.05, 0.1) is 4.92 Å². The molecule has 108 valence electrons. The third kappa shape index (κ3) is 3.71. The van der Waals surface area contributed by atoms with Gasteiger partial charge < -0.3 is 4.98 Å². The molecule has 2 aromatic carbocycles. The summed E-state index contributed by atoms with van der Waals surface area (Å²) in [5.74, 6) is 0. The molecule has 1 heterocycles. The maximum absolute atomic E-state index is 10.4. The van der Waals surface area contributed by atoms with E-state index in [1.165, 1.54) is 17.0 Å². The highest BCUT2D eigenvalue weighted by molar-refractivity contribution is 9.11. The Hall–Kier alpha value is -1.66. The summed E-state index contributed by atoms with van der Waals surface area (Å²) in [5, 5.41) is 11.6. The Labute approximate surface area is 138 Å². The van der Waals surface area contributed by atoms with Crippen LogP contribution in [0.25, 0.3) is 10.9 Å². The van der Waals surface area contributed by atoms with E-state index in [2.05, 4.69) is 49.0 Å². The number of nitrogens with one attached hydrogen (secondary N) is 1. The molecule has 0 spiro atoms. The molecule has 3 aromatic rings. The predicted octanol–water partition coefficient (Wildman–Crippen LogP) is 5.60. The first-order chi connectivity index (χ1) is 10.0. The molecule has 4 nitrogen and oxygen atoms in total. The van der Waals surface area contributed by atoms with Crippen LogP contribution in [0.1, 0.15) is 5.56 Å². The van der Waals surface area contributed by atoms with Crippen molar-refractivity contribution in [2.75, 3.05) is 0 Å². The minimum absolute atomic E-state index is 0.152. The van der Waals surface area contributed by atoms with Crippen LogP contribution in [-0.4, -0.2) is 9.91 Å². The molecule has 0 unspecified atom stereocenters. The molecule has 0 aliphatic carbocycles. The summed E-state index contributed by atoms with van der Waals surface area (Å²) in [6.07, 6.45) is 1.94. The Bertz CT molecular complexity index is 784. The third-order valence-electron chi connectivity index (χ3n) is 2.98. The second-order valence-corrected chi connectivity index (χ2v) is 6.03. The molecular formula is C15H12Br2N2O2. The first-order valence-electron chi connectivity index (χ1n) is 6.12. The summed E-state index contributed by atoms with van der Waals surface area (Å²) in [5.41, 5.74) is 1.99. The van der Waals surface area contributed by atoms with Gasteiger partial charge in [-0.15, -0.1) is 0 Å². The van der Waals surface area contributed by atoms with Crippen molar-refractivity contribution < 1.29 is 4.92 Å². The van der Waals surface area contributed by atoms with Crippen LogP contribution < -0.4 is 0 Å². The second kappa shape index (κ2) is 6.87. The van der Waals surface area contributed by atoms with Crippen molar-refractivity contribution in [1.82, 2.24) is 4.98 Å². The zero-order valence-electron chi connectivity index (χ0n) is 11.1. The van der Waals surface area contributed by atoms with Crippen molar-refractivity contribution in [3.05, 3.63) is 73.3 Å². The van der Waals surface area contributed by atoms with Gasteiger partial charge in [0, 0.05) is 37.7 Å². The number of fused-ring (bicyclic) bond motifs is 1. The summed E-state index contributed by atoms with van der Waals surface area (Å²) < 4.78 is 1.91. The summed E-state index contributed by atoms with van der Waals surface area (Å²) >= 11 is 6.67. The highest BCUT2D eigenvalue weighted by Gasteiger charge is 2.10. The fraction of sp³-hybridized carbons (Fsp3) is 0.0667. The molecule has 0 saturated heterocycles. The third-order valence-corrected chi connectivity index (χ3v) is 4.53. The Morgan fingerprint density at radius 1 is 1.05 bits per heavy atom. The van der Waals surface area contributed by atoms with E-state index in [9.17, 15) is 10.1 Å². The van der Waals surface area contributed by atoms with E-state index in [1.807, 2.05) is 18.3 Å². The number of aromatic nitrogens is 1. The average molecular weight is 412 g/mol. The van der Waals surface area contributed by atoms with Gasteiger partial charge in [0.2, 0.25) is 0 Å². The average Bonchev–Trinajstić information content (AvgIpc) is 2.92. The summed E-state index contributed by atoms with van der Waals surface area (Å²) in [6, 6.07) is 13.1. The van der Waals surface area contributed by atoms with Gasteiger partial charge in [0.25, 0.3) is 5.69 Å². The van der Waals surface area contributed by atoms with Gasteiger partial charge in [-0.05, 0) is 31.2 Å². The summed E-state index contributed by atoms with van der Waals surface area (Å²) in [4.78, 5) is 13.1. The Kier molecular flexibility index (Phi) is 5.14. The normalized spacial score (nSPS) is 10.0. The van der Waals surface area contributed by atoms with Crippen LogP contribution in [0.15, 0.2) is 57.6 Å². The van der Waals surface area contributed by atoms with Crippen molar-refractivity contribution >= 4 is 48.5 Å². The monoisotopic (exact) mass is 410 g/mol. The fourth-order valence-electron chi connectivity index (χ4n) is 1.84. The zero-order valence-corrected chi connectivity index (χ0v) is 14.3. The molecule has 1 N–H and O–H groups in total. The lowest BCUT2D eigenvalue weighted by molar-refractivity contribution is -0.385. The summed E-state index contributed by atoms with van der Waals surface area (Å²) in [7, 11) is 0. The molecule has 1 aromatic heterocycles. The van der Waals surface area contributed by atoms with E-state index in [0.29, 0.717) is 5.56 Å². The maximum Gasteiger partial charge on any atom is 0.273 e. The van der Waals surface area contributed by atoms with E-state index in [1.54, 1.807) is 19.1 Å². The minimum Gasteiger partial charge on any atom is -0.361 e. The SMILES string of the molecule is Brc1cccc2[nH]ccc12.Cc1c(Br)cccc1[N+](=O)[O-]. The molecule has 3 rings (SSSR count). The molecule has 0 amide bonds. The van der Waals surface area contributed by atoms with Gasteiger partial charge in [-0.2, -0.15) is 0 Å². The van der Waals surface area contributed by atoms with Crippen molar-refractivity contribution in [3.8, 4) is 0 Å². The van der Waals surface area contributed by atoms with E-state index >= 15 is 0 Å². The predicted molar refractivity (Wildman–Crippen MR) is 91.5 cm³/mol. The molecule has 0 radical (unpaired) electrons. The smallest absolute Gasteiger partial charge is 0.273 e. The van der Waals surface area contributed by atoms with Crippen LogP contribution in [0.4, 0.5) is 5.69 Å². The van der Waals surface area contributed by atoms with Crippen LogP contribution in [0, 0.1) is 17.0 Å². The topological polar surface area (TPSA) is 58.9 Å². The van der Waals surface area contributed by atoms with Gasteiger partial charge >= 0.3 is 0 Å². The Balaban J connectivity index is 0.000000154. The van der Waals surface area contributed by atoms with E-state index in [0.717, 1.165) is 8.95 Å². The van der Waals surface area contributed by atoms with Crippen LogP contribution in [0.5, 0.6) is 0 Å². The molecule has 0 fully saturated rings. The number of nitro benzene ring substituents is 1. The lowest BCUT2D eigenvalue weighted by Crippen LogP contribution is -1.91. The Morgan fingerprint density at radius 2 is 1.71 bits per heavy atom. The first kappa shape index (κ1) is 15.7. The van der Waals surface area contributed by atoms with E-state index in [4.69, 9.17) is 0 Å². The van der Waals surface area contributed by atoms with Gasteiger partial charge in [-0.25, -0.2) is 0 Å². The van der Waals surface area contributed by atoms with Gasteiger partial charge in [-0.1, -0.05) is 44.0 Å². The van der Waals surface area contributed by atoms with Crippen molar-refractivity contribution in [3.63, 3.8) is 0 Å². The number of rotatable bonds is 1. The first-order valence-corrected chi connectivity index (χ1v) is 7.70. The molecule has 6 heteroatoms.